The molecule has 1 aliphatic carbocycles. The minimum absolute atomic E-state index is 0.0882. The fraction of sp³-hybridized carbons (Fsp3) is 0.267. The van der Waals surface area contributed by atoms with Gasteiger partial charge in [0.1, 0.15) is 0 Å². The second-order valence-corrected chi connectivity index (χ2v) is 5.05. The highest BCUT2D eigenvalue weighted by Crippen LogP contribution is 2.48. The Labute approximate surface area is 96.2 Å². The summed E-state index contributed by atoms with van der Waals surface area (Å²) in [5.41, 5.74) is 6.90. The van der Waals surface area contributed by atoms with E-state index in [2.05, 4.69) is 50.0 Å². The minimum atomic E-state index is 0.0882. The van der Waals surface area contributed by atoms with Gasteiger partial charge in [0.25, 0.3) is 0 Å². The van der Waals surface area contributed by atoms with Crippen molar-refractivity contribution in [3.05, 3.63) is 53.3 Å². The molecule has 0 fully saturated rings. The fourth-order valence-electron chi connectivity index (χ4n) is 2.79. The third-order valence-corrected chi connectivity index (χ3v) is 3.68. The van der Waals surface area contributed by atoms with Gasteiger partial charge in [0.2, 0.25) is 0 Å². The quantitative estimate of drug-likeness (QED) is 0.644. The lowest BCUT2D eigenvalue weighted by Crippen LogP contribution is -2.15. The van der Waals surface area contributed by atoms with Crippen molar-refractivity contribution >= 4 is 0 Å². The molecular formula is C15H15N. The van der Waals surface area contributed by atoms with Gasteiger partial charge in [-0.1, -0.05) is 38.1 Å². The molecule has 2 aromatic rings. The molecule has 0 saturated carbocycles. The van der Waals surface area contributed by atoms with Gasteiger partial charge in [-0.3, -0.25) is 4.98 Å². The molecule has 0 spiro atoms. The monoisotopic (exact) mass is 209 g/mol. The van der Waals surface area contributed by atoms with Crippen LogP contribution in [0.25, 0.3) is 11.1 Å². The Kier molecular flexibility index (Phi) is 1.76. The maximum absolute atomic E-state index is 4.33. The molecule has 1 aliphatic rings. The second-order valence-electron chi connectivity index (χ2n) is 5.05. The second kappa shape index (κ2) is 2.94. The van der Waals surface area contributed by atoms with E-state index in [-0.39, 0.29) is 5.41 Å². The molecule has 1 aromatic heterocycles. The molecule has 0 aliphatic heterocycles. The first-order valence-corrected chi connectivity index (χ1v) is 5.67. The standard InChI is InChI=1S/C15H15N/c1-10-8-16-9-13-14(10)11-6-4-5-7-12(11)15(13,2)3/h4-9H,1-3H3. The van der Waals surface area contributed by atoms with E-state index in [1.165, 1.54) is 27.8 Å². The maximum Gasteiger partial charge on any atom is 0.0315 e. The lowest BCUT2D eigenvalue weighted by molar-refractivity contribution is 0.657. The number of fused-ring (bicyclic) bond motifs is 3. The summed E-state index contributed by atoms with van der Waals surface area (Å²) in [6, 6.07) is 8.68. The van der Waals surface area contributed by atoms with Gasteiger partial charge in [-0.2, -0.15) is 0 Å². The van der Waals surface area contributed by atoms with Crippen LogP contribution in [0, 0.1) is 6.92 Å². The zero-order valence-electron chi connectivity index (χ0n) is 9.91. The Hall–Kier alpha value is -1.63. The van der Waals surface area contributed by atoms with E-state index in [9.17, 15) is 0 Å². The molecule has 80 valence electrons. The number of aryl methyl sites for hydroxylation is 1. The Morgan fingerprint density at radius 3 is 2.56 bits per heavy atom. The molecule has 1 aromatic carbocycles. The average molecular weight is 209 g/mol. The summed E-state index contributed by atoms with van der Waals surface area (Å²) >= 11 is 0. The summed E-state index contributed by atoms with van der Waals surface area (Å²) in [7, 11) is 0. The Bertz CT molecular complexity index is 567. The van der Waals surface area contributed by atoms with Gasteiger partial charge in [-0.15, -0.1) is 0 Å². The molecule has 0 bridgehead atoms. The van der Waals surface area contributed by atoms with E-state index in [1.807, 2.05) is 12.4 Å². The van der Waals surface area contributed by atoms with Gasteiger partial charge in [-0.25, -0.2) is 0 Å². The van der Waals surface area contributed by atoms with Crippen LogP contribution in [0.1, 0.15) is 30.5 Å². The van der Waals surface area contributed by atoms with Crippen molar-refractivity contribution in [2.45, 2.75) is 26.2 Å². The normalized spacial score (nSPS) is 15.7. The topological polar surface area (TPSA) is 12.9 Å². The summed E-state index contributed by atoms with van der Waals surface area (Å²) in [6.07, 6.45) is 3.97. The number of hydrogen-bond donors (Lipinski definition) is 0. The molecule has 0 N–H and O–H groups in total. The Morgan fingerprint density at radius 1 is 1.00 bits per heavy atom. The summed E-state index contributed by atoms with van der Waals surface area (Å²) in [4.78, 5) is 4.33. The molecule has 1 heterocycles. The van der Waals surface area contributed by atoms with Crippen molar-refractivity contribution in [1.82, 2.24) is 4.98 Å². The number of hydrogen-bond acceptors (Lipinski definition) is 1. The molecule has 0 unspecified atom stereocenters. The molecular weight excluding hydrogens is 194 g/mol. The van der Waals surface area contributed by atoms with E-state index >= 15 is 0 Å². The minimum Gasteiger partial charge on any atom is -0.264 e. The van der Waals surface area contributed by atoms with Gasteiger partial charge in [0, 0.05) is 17.8 Å². The number of benzene rings is 1. The van der Waals surface area contributed by atoms with E-state index in [4.69, 9.17) is 0 Å². The molecule has 1 nitrogen and oxygen atoms in total. The highest BCUT2D eigenvalue weighted by atomic mass is 14.6. The smallest absolute Gasteiger partial charge is 0.0315 e. The van der Waals surface area contributed by atoms with Crippen LogP contribution < -0.4 is 0 Å². The molecule has 0 atom stereocenters. The van der Waals surface area contributed by atoms with Crippen LogP contribution >= 0.6 is 0 Å². The SMILES string of the molecule is Cc1cncc2c1-c1ccccc1C2(C)C. The zero-order valence-corrected chi connectivity index (χ0v) is 9.91. The zero-order chi connectivity index (χ0) is 11.3. The van der Waals surface area contributed by atoms with Crippen LogP contribution in [-0.4, -0.2) is 4.98 Å². The fourth-order valence-corrected chi connectivity index (χ4v) is 2.79. The van der Waals surface area contributed by atoms with E-state index in [1.54, 1.807) is 0 Å². The van der Waals surface area contributed by atoms with Crippen LogP contribution in [-0.2, 0) is 5.41 Å². The molecule has 16 heavy (non-hydrogen) atoms. The van der Waals surface area contributed by atoms with Gasteiger partial charge < -0.3 is 0 Å². The van der Waals surface area contributed by atoms with Gasteiger partial charge in [0.05, 0.1) is 0 Å². The molecule has 3 rings (SSSR count). The number of nitrogens with zero attached hydrogens (tertiary/aromatic N) is 1. The van der Waals surface area contributed by atoms with Crippen molar-refractivity contribution in [2.24, 2.45) is 0 Å². The molecule has 0 saturated heterocycles. The van der Waals surface area contributed by atoms with Crippen LogP contribution in [0.15, 0.2) is 36.7 Å². The van der Waals surface area contributed by atoms with Crippen molar-refractivity contribution in [3.63, 3.8) is 0 Å². The maximum atomic E-state index is 4.33. The summed E-state index contributed by atoms with van der Waals surface area (Å²) in [6.45, 7) is 6.70. The van der Waals surface area contributed by atoms with E-state index in [0.717, 1.165) is 0 Å². The van der Waals surface area contributed by atoms with Crippen molar-refractivity contribution < 1.29 is 0 Å². The number of aromatic nitrogens is 1. The van der Waals surface area contributed by atoms with Crippen LogP contribution in [0.2, 0.25) is 0 Å². The summed E-state index contributed by atoms with van der Waals surface area (Å²) in [5.74, 6) is 0. The highest BCUT2D eigenvalue weighted by molar-refractivity contribution is 5.82. The van der Waals surface area contributed by atoms with Gasteiger partial charge in [-0.05, 0) is 34.7 Å². The first-order chi connectivity index (χ1) is 7.62. The Balaban J connectivity index is 2.45. The van der Waals surface area contributed by atoms with Crippen LogP contribution in [0.3, 0.4) is 0 Å². The number of rotatable bonds is 0. The van der Waals surface area contributed by atoms with E-state index < -0.39 is 0 Å². The van der Waals surface area contributed by atoms with Crippen molar-refractivity contribution in [3.8, 4) is 11.1 Å². The highest BCUT2D eigenvalue weighted by Gasteiger charge is 2.35. The van der Waals surface area contributed by atoms with Crippen molar-refractivity contribution in [2.75, 3.05) is 0 Å². The predicted molar refractivity (Wildman–Crippen MR) is 66.5 cm³/mol. The average Bonchev–Trinajstić information content (AvgIpc) is 2.51. The predicted octanol–water partition coefficient (Wildman–Crippen LogP) is 3.70. The largest absolute Gasteiger partial charge is 0.264 e. The molecule has 1 heteroatoms. The summed E-state index contributed by atoms with van der Waals surface area (Å²) in [5, 5.41) is 0. The van der Waals surface area contributed by atoms with Gasteiger partial charge in [0.15, 0.2) is 0 Å². The third kappa shape index (κ3) is 1.03. The first kappa shape index (κ1) is 9.59. The van der Waals surface area contributed by atoms with Gasteiger partial charge >= 0.3 is 0 Å². The van der Waals surface area contributed by atoms with Crippen LogP contribution in [0.5, 0.6) is 0 Å². The Morgan fingerprint density at radius 2 is 1.75 bits per heavy atom. The first-order valence-electron chi connectivity index (χ1n) is 5.67. The lowest BCUT2D eigenvalue weighted by atomic mass is 9.83. The molecule has 0 radical (unpaired) electrons. The van der Waals surface area contributed by atoms with E-state index in [0.29, 0.717) is 0 Å². The third-order valence-electron chi connectivity index (χ3n) is 3.68. The van der Waals surface area contributed by atoms with Crippen molar-refractivity contribution in [1.29, 1.82) is 0 Å². The number of pyridine rings is 1. The van der Waals surface area contributed by atoms with Crippen LogP contribution in [0.4, 0.5) is 0 Å². The summed E-state index contributed by atoms with van der Waals surface area (Å²) < 4.78 is 0. The lowest BCUT2D eigenvalue weighted by Gasteiger charge is -2.20. The molecule has 0 amide bonds.